The van der Waals surface area contributed by atoms with Crippen LogP contribution in [-0.2, 0) is 0 Å². The lowest BCUT2D eigenvalue weighted by atomic mass is 10.1. The molecule has 0 bridgehead atoms. The normalized spacial score (nSPS) is 10.4. The molecule has 122 valence electrons. The number of aromatic carboxylic acids is 1. The summed E-state index contributed by atoms with van der Waals surface area (Å²) in [4.78, 5) is 23.4. The summed E-state index contributed by atoms with van der Waals surface area (Å²) in [7, 11) is 1.34. The Bertz CT molecular complexity index is 885. The number of methoxy groups -OCH3 is 1. The van der Waals surface area contributed by atoms with E-state index in [2.05, 4.69) is 15.5 Å². The molecule has 0 aliphatic heterocycles. The van der Waals surface area contributed by atoms with Gasteiger partial charge in [-0.25, -0.2) is 4.79 Å². The minimum absolute atomic E-state index is 0.103. The van der Waals surface area contributed by atoms with Crippen LogP contribution in [0, 0.1) is 0 Å². The van der Waals surface area contributed by atoms with Gasteiger partial charge in [-0.2, -0.15) is 0 Å². The van der Waals surface area contributed by atoms with E-state index in [1.807, 2.05) is 0 Å². The number of carboxylic acid groups (broad SMARTS) is 1. The van der Waals surface area contributed by atoms with Crippen molar-refractivity contribution in [3.05, 3.63) is 47.7 Å². The molecule has 3 rings (SSSR count). The van der Waals surface area contributed by atoms with Crippen molar-refractivity contribution in [1.82, 2.24) is 10.2 Å². The molecule has 0 aliphatic carbocycles. The number of nitrogens with one attached hydrogen (secondary N) is 1. The van der Waals surface area contributed by atoms with E-state index >= 15 is 0 Å². The van der Waals surface area contributed by atoms with Crippen molar-refractivity contribution in [3.8, 4) is 17.4 Å². The SMILES string of the molecule is COc1ccc(C(=O)Nc2nnc(-c3ccco3)o2)cc1C(=O)O. The van der Waals surface area contributed by atoms with E-state index in [1.165, 1.54) is 31.6 Å². The zero-order chi connectivity index (χ0) is 17.1. The lowest BCUT2D eigenvalue weighted by Gasteiger charge is -2.07. The number of nitrogens with zero attached hydrogens (tertiary/aromatic N) is 2. The summed E-state index contributed by atoms with van der Waals surface area (Å²) >= 11 is 0. The fourth-order valence-corrected chi connectivity index (χ4v) is 1.96. The molecular weight excluding hydrogens is 318 g/mol. The molecule has 0 saturated carbocycles. The highest BCUT2D eigenvalue weighted by Crippen LogP contribution is 2.22. The van der Waals surface area contributed by atoms with Gasteiger partial charge in [-0.3, -0.25) is 10.1 Å². The van der Waals surface area contributed by atoms with E-state index < -0.39 is 11.9 Å². The van der Waals surface area contributed by atoms with E-state index in [1.54, 1.807) is 12.1 Å². The van der Waals surface area contributed by atoms with Gasteiger partial charge in [0.15, 0.2) is 5.76 Å². The average Bonchev–Trinajstić information content (AvgIpc) is 3.25. The first-order valence-electron chi connectivity index (χ1n) is 6.68. The lowest BCUT2D eigenvalue weighted by molar-refractivity contribution is 0.0693. The Hall–Kier alpha value is -3.62. The van der Waals surface area contributed by atoms with E-state index in [9.17, 15) is 9.59 Å². The molecule has 0 atom stereocenters. The van der Waals surface area contributed by atoms with Crippen molar-refractivity contribution >= 4 is 17.9 Å². The summed E-state index contributed by atoms with van der Waals surface area (Å²) in [5.41, 5.74) is -0.0297. The summed E-state index contributed by atoms with van der Waals surface area (Å²) in [6.45, 7) is 0. The third kappa shape index (κ3) is 2.95. The zero-order valence-electron chi connectivity index (χ0n) is 12.3. The van der Waals surface area contributed by atoms with E-state index in [4.69, 9.17) is 18.7 Å². The second-order valence-corrected chi connectivity index (χ2v) is 4.56. The summed E-state index contributed by atoms with van der Waals surface area (Å²) in [6, 6.07) is 7.15. The maximum absolute atomic E-state index is 12.2. The van der Waals surface area contributed by atoms with Crippen LogP contribution in [0.1, 0.15) is 20.7 Å². The zero-order valence-corrected chi connectivity index (χ0v) is 12.3. The van der Waals surface area contributed by atoms with Crippen molar-refractivity contribution in [3.63, 3.8) is 0 Å². The van der Waals surface area contributed by atoms with Crippen molar-refractivity contribution in [2.75, 3.05) is 12.4 Å². The van der Waals surface area contributed by atoms with E-state index in [0.717, 1.165) is 0 Å². The molecule has 0 unspecified atom stereocenters. The van der Waals surface area contributed by atoms with Gasteiger partial charge in [0.05, 0.1) is 13.4 Å². The van der Waals surface area contributed by atoms with Crippen LogP contribution in [0.4, 0.5) is 6.01 Å². The highest BCUT2D eigenvalue weighted by molar-refractivity contribution is 6.05. The first kappa shape index (κ1) is 15.3. The smallest absolute Gasteiger partial charge is 0.339 e. The number of aromatic nitrogens is 2. The maximum Gasteiger partial charge on any atom is 0.339 e. The van der Waals surface area contributed by atoms with Gasteiger partial charge < -0.3 is 18.7 Å². The first-order valence-corrected chi connectivity index (χ1v) is 6.68. The largest absolute Gasteiger partial charge is 0.496 e. The number of furan rings is 1. The summed E-state index contributed by atoms with van der Waals surface area (Å²) in [5.74, 6) is -1.19. The number of anilines is 1. The monoisotopic (exact) mass is 329 g/mol. The topological polar surface area (TPSA) is 128 Å². The number of benzene rings is 1. The summed E-state index contributed by atoms with van der Waals surface area (Å²) in [6.07, 6.45) is 1.45. The van der Waals surface area contributed by atoms with Gasteiger partial charge in [0.1, 0.15) is 11.3 Å². The van der Waals surface area contributed by atoms with Gasteiger partial charge in [0.25, 0.3) is 11.8 Å². The molecule has 0 saturated heterocycles. The van der Waals surface area contributed by atoms with Gasteiger partial charge in [0, 0.05) is 5.56 Å². The molecule has 0 radical (unpaired) electrons. The molecule has 3 aromatic rings. The predicted octanol–water partition coefficient (Wildman–Crippen LogP) is 2.29. The van der Waals surface area contributed by atoms with Crippen LogP contribution in [0.15, 0.2) is 45.4 Å². The Morgan fingerprint density at radius 2 is 2.08 bits per heavy atom. The van der Waals surface area contributed by atoms with Crippen molar-refractivity contribution in [1.29, 1.82) is 0 Å². The molecule has 9 nitrogen and oxygen atoms in total. The van der Waals surface area contributed by atoms with Crippen LogP contribution in [-0.4, -0.2) is 34.3 Å². The third-order valence-corrected chi connectivity index (χ3v) is 3.07. The molecular formula is C15H11N3O6. The fraction of sp³-hybridized carbons (Fsp3) is 0.0667. The van der Waals surface area contributed by atoms with Crippen LogP contribution in [0.2, 0.25) is 0 Å². The number of rotatable bonds is 5. The number of hydrogen-bond acceptors (Lipinski definition) is 7. The Kier molecular flexibility index (Phi) is 3.98. The molecule has 0 aliphatic rings. The Labute approximate surface area is 134 Å². The van der Waals surface area contributed by atoms with Crippen LogP contribution in [0.5, 0.6) is 5.75 Å². The molecule has 1 aromatic carbocycles. The minimum atomic E-state index is -1.21. The van der Waals surface area contributed by atoms with Crippen LogP contribution in [0.3, 0.4) is 0 Å². The van der Waals surface area contributed by atoms with Crippen LogP contribution >= 0.6 is 0 Å². The summed E-state index contributed by atoms with van der Waals surface area (Å²) in [5, 5.41) is 18.9. The fourth-order valence-electron chi connectivity index (χ4n) is 1.96. The van der Waals surface area contributed by atoms with Gasteiger partial charge in [-0.1, -0.05) is 5.10 Å². The molecule has 0 fully saturated rings. The predicted molar refractivity (Wildman–Crippen MR) is 79.9 cm³/mol. The molecule has 1 amide bonds. The van der Waals surface area contributed by atoms with Gasteiger partial charge in [0.2, 0.25) is 0 Å². The van der Waals surface area contributed by atoms with E-state index in [0.29, 0.717) is 5.76 Å². The standard InChI is InChI=1S/C15H11N3O6/c1-22-10-5-4-8(7-9(10)14(20)21)12(19)16-15-18-17-13(24-15)11-3-2-6-23-11/h2-7H,1H3,(H,20,21)(H,16,18,19). The number of carbonyl (C=O) groups is 2. The van der Waals surface area contributed by atoms with Gasteiger partial charge in [-0.15, -0.1) is 5.10 Å². The second-order valence-electron chi connectivity index (χ2n) is 4.56. The van der Waals surface area contributed by atoms with Crippen LogP contribution < -0.4 is 10.1 Å². The highest BCUT2D eigenvalue weighted by atomic mass is 16.5. The van der Waals surface area contributed by atoms with Gasteiger partial charge in [-0.05, 0) is 30.3 Å². The Balaban J connectivity index is 1.80. The maximum atomic E-state index is 12.2. The molecule has 2 aromatic heterocycles. The quantitative estimate of drug-likeness (QED) is 0.729. The molecule has 24 heavy (non-hydrogen) atoms. The minimum Gasteiger partial charge on any atom is -0.496 e. The number of amides is 1. The lowest BCUT2D eigenvalue weighted by Crippen LogP contribution is -2.13. The molecule has 2 N–H and O–H groups in total. The van der Waals surface area contributed by atoms with Crippen molar-refractivity contribution in [2.24, 2.45) is 0 Å². The molecule has 9 heteroatoms. The van der Waals surface area contributed by atoms with Crippen molar-refractivity contribution < 1.29 is 28.3 Å². The average molecular weight is 329 g/mol. The van der Waals surface area contributed by atoms with Crippen molar-refractivity contribution in [2.45, 2.75) is 0 Å². The first-order chi connectivity index (χ1) is 11.6. The van der Waals surface area contributed by atoms with E-state index in [-0.39, 0.29) is 28.8 Å². The number of hydrogen-bond donors (Lipinski definition) is 2. The Morgan fingerprint density at radius 3 is 2.75 bits per heavy atom. The van der Waals surface area contributed by atoms with Gasteiger partial charge >= 0.3 is 12.0 Å². The molecule has 0 spiro atoms. The Morgan fingerprint density at radius 1 is 1.25 bits per heavy atom. The van der Waals surface area contributed by atoms with Crippen LogP contribution in [0.25, 0.3) is 11.7 Å². The molecule has 2 heterocycles. The third-order valence-electron chi connectivity index (χ3n) is 3.07. The number of carboxylic acids is 1. The second kappa shape index (κ2) is 6.24. The summed E-state index contributed by atoms with van der Waals surface area (Å²) < 4.78 is 15.3. The number of ether oxygens (including phenoxy) is 1. The number of carbonyl (C=O) groups excluding carboxylic acids is 1. The highest BCUT2D eigenvalue weighted by Gasteiger charge is 2.17.